The number of amides is 2. The quantitative estimate of drug-likeness (QED) is 0.0368. The van der Waals surface area contributed by atoms with Crippen LogP contribution in [0.25, 0.3) is 0 Å². The maximum atomic E-state index is 13.2. The van der Waals surface area contributed by atoms with Crippen LogP contribution in [0.2, 0.25) is 0 Å². The van der Waals surface area contributed by atoms with Crippen LogP contribution >= 0.6 is 31.3 Å². The van der Waals surface area contributed by atoms with Gasteiger partial charge in [-0.2, -0.15) is 8.62 Å². The molecule has 488 valence electrons. The summed E-state index contributed by atoms with van der Waals surface area (Å²) in [7, 11) is -21.4. The second-order valence-electron chi connectivity index (χ2n) is 21.6. The molecule has 6 heterocycles. The number of esters is 2. The number of phosphoric acid groups is 4. The van der Waals surface area contributed by atoms with E-state index in [1.807, 2.05) is 4.98 Å². The van der Waals surface area contributed by atoms with Gasteiger partial charge in [-0.1, -0.05) is 13.2 Å². The van der Waals surface area contributed by atoms with Gasteiger partial charge in [-0.15, -0.1) is 0 Å². The van der Waals surface area contributed by atoms with E-state index in [0.717, 1.165) is 23.8 Å². The Kier molecular flexibility index (Phi) is 24.0. The second-order valence-corrected chi connectivity index (χ2v) is 27.7. The number of carbonyl (C=O) groups is 4. The zero-order valence-electron chi connectivity index (χ0n) is 47.2. The summed E-state index contributed by atoms with van der Waals surface area (Å²) in [5.41, 5.74) is -9.15. The fourth-order valence-corrected chi connectivity index (χ4v) is 11.6. The molecule has 86 heavy (non-hydrogen) atoms. The van der Waals surface area contributed by atoms with Crippen molar-refractivity contribution in [2.45, 2.75) is 134 Å². The van der Waals surface area contributed by atoms with Crippen LogP contribution < -0.4 is 21.9 Å². The highest BCUT2D eigenvalue weighted by Gasteiger charge is 2.57. The molecule has 42 heteroatoms. The van der Waals surface area contributed by atoms with Crippen LogP contribution in [0.4, 0.5) is 0 Å². The Balaban J connectivity index is 0.000000293. The fraction of sp³-hybridized carbons (Fsp3) is 0.636. The molecule has 0 bridgehead atoms. The van der Waals surface area contributed by atoms with Crippen molar-refractivity contribution < 1.29 is 143 Å². The van der Waals surface area contributed by atoms with Gasteiger partial charge in [0.25, 0.3) is 17.4 Å². The number of hydrogen-bond donors (Lipinski definition) is 14. The molecule has 3 saturated heterocycles. The normalized spacial score (nSPS) is 31.0. The Morgan fingerprint density at radius 1 is 0.628 bits per heavy atom. The molecule has 0 radical (unpaired) electrons. The number of aliphatic hydroxyl groups excluding tert-OH is 4. The third-order valence-electron chi connectivity index (χ3n) is 12.2. The number of ether oxygens (including phenoxy) is 5. The molecule has 5 aliphatic heterocycles. The van der Waals surface area contributed by atoms with Crippen LogP contribution in [-0.4, -0.2) is 198 Å². The molecular weight excluding hydrogens is 1250 g/mol. The van der Waals surface area contributed by atoms with E-state index in [4.69, 9.17) is 57.0 Å². The van der Waals surface area contributed by atoms with E-state index < -0.39 is 177 Å². The molecule has 14 atom stereocenters. The second kappa shape index (κ2) is 28.0. The number of aromatic nitrogens is 2. The van der Waals surface area contributed by atoms with Gasteiger partial charge >= 0.3 is 48.9 Å². The molecule has 0 aromatic carbocycles. The molecule has 1 aromatic rings. The monoisotopic (exact) mass is 1320 g/mol. The van der Waals surface area contributed by atoms with Crippen LogP contribution in [0.3, 0.4) is 0 Å². The summed E-state index contributed by atoms with van der Waals surface area (Å²) >= 11 is 0. The average molecular weight is 1320 g/mol. The molecule has 5 aliphatic rings. The highest BCUT2D eigenvalue weighted by atomic mass is 31.3. The molecule has 14 N–H and O–H groups in total. The van der Waals surface area contributed by atoms with Gasteiger partial charge < -0.3 is 99.4 Å². The third kappa shape index (κ3) is 19.4. The highest BCUT2D eigenvalue weighted by molar-refractivity contribution is 7.66. The first kappa shape index (κ1) is 73.7. The number of nitrogens with zero attached hydrogens (tertiary/aromatic N) is 3. The van der Waals surface area contributed by atoms with Crippen molar-refractivity contribution in [1.29, 1.82) is 0 Å². The molecule has 1 aromatic heterocycles. The SMILES string of the molecule is C=C1NC(=O)C=CN1[C@@H]1O[C@H](CO)[C@H](O)C1(C)O.C=C1NC(=O)C=CN1[C@@H]1O[C@H](COP(=O)(OCOC(=O)C(C)(C)C)OCOC(=O)C(C)(C)C)[C@H](O)C1(C)O.CC1(O)[C@@H](O)[C@@H](COP(=O)(O)OP(=O)(O)OP(=O)(O)O)O[C@H]1n1ccc(=O)[nH]c1=O. The molecule has 3 fully saturated rings. The number of rotatable bonds is 20. The van der Waals surface area contributed by atoms with E-state index in [0.29, 0.717) is 0 Å². The summed E-state index contributed by atoms with van der Waals surface area (Å²) in [4.78, 5) is 110. The molecule has 38 nitrogen and oxygen atoms in total. The van der Waals surface area contributed by atoms with Gasteiger partial charge in [0.05, 0.1) is 30.7 Å². The van der Waals surface area contributed by atoms with Gasteiger partial charge in [-0.3, -0.25) is 42.6 Å². The zero-order valence-corrected chi connectivity index (χ0v) is 50.8. The maximum absolute atomic E-state index is 13.2. The summed E-state index contributed by atoms with van der Waals surface area (Å²) in [5, 5.41) is 76.3. The average Bonchev–Trinajstić information content (AvgIpc) is 2.39. The number of aromatic amines is 1. The van der Waals surface area contributed by atoms with Crippen molar-refractivity contribution in [3.8, 4) is 0 Å². The molecular formula is C44H70N6O32P4. The smallest absolute Gasteiger partial charge is 0.437 e. The van der Waals surface area contributed by atoms with E-state index in [1.54, 1.807) is 41.5 Å². The van der Waals surface area contributed by atoms with E-state index in [2.05, 4.69) is 36.9 Å². The summed E-state index contributed by atoms with van der Waals surface area (Å²) < 4.78 is 101. The standard InChI is InChI=1S/C23H37N2O12P.C11H16N2O5.C10H17N2O15P3/c1-14-24-16(26)9-10-25(14)18-23(8,30)17(27)15(37-18)11-34-38(31,35-12-32-19(28)21(2,3)4)36-13-33-20(29)22(5,6)7;1-6-12-8(15)3-4-13(6)10-11(2,17)9(16)7(5-14)18-10;1-10(16)7(14)5(25-8(10)12-3-2-6(13)11-9(12)15)4-24-29(20,21)27-30(22,23)26-28(17,18)19/h9-10,15,17-18,27,30H,1,11-13H2,2-8H3,(H,24,26);3-4,7,9-10,14,16-17H,1,5H2,2H3,(H,12,15);2-3,5,7-8,14,16H,4H2,1H3,(H,20,21)(H,22,23)(H,11,13,15)(H2,17,18,19)/t15-,17+,18-,23?;7-,9+,10-,11?;5-,7+,8-,10?/m111/s1. The van der Waals surface area contributed by atoms with Crippen molar-refractivity contribution in [3.05, 3.63) is 82.5 Å². The fourth-order valence-electron chi connectivity index (χ4n) is 7.64. The van der Waals surface area contributed by atoms with Gasteiger partial charge in [0.15, 0.2) is 18.7 Å². The van der Waals surface area contributed by atoms with E-state index in [1.165, 1.54) is 48.2 Å². The summed E-state index contributed by atoms with van der Waals surface area (Å²) in [6, 6.07) is 0.923. The van der Waals surface area contributed by atoms with Gasteiger partial charge in [0, 0.05) is 36.8 Å². The first-order chi connectivity index (χ1) is 39.1. The Bertz CT molecular complexity index is 3020. The van der Waals surface area contributed by atoms with Gasteiger partial charge in [0.1, 0.15) is 65.1 Å². The lowest BCUT2D eigenvalue weighted by Gasteiger charge is -2.37. The molecule has 2 amide bonds. The number of H-pyrrole nitrogens is 1. The van der Waals surface area contributed by atoms with Crippen LogP contribution in [0, 0.1) is 10.8 Å². The van der Waals surface area contributed by atoms with Crippen LogP contribution in [0.1, 0.15) is 68.5 Å². The predicted molar refractivity (Wildman–Crippen MR) is 282 cm³/mol. The minimum atomic E-state index is -5.74. The summed E-state index contributed by atoms with van der Waals surface area (Å²) in [6.45, 7) is 17.0. The van der Waals surface area contributed by atoms with Crippen molar-refractivity contribution in [2.75, 3.05) is 33.4 Å². The number of hydrogen-bond acceptors (Lipinski definition) is 30. The lowest BCUT2D eigenvalue weighted by atomic mass is 9.96. The van der Waals surface area contributed by atoms with Crippen molar-refractivity contribution in [2.24, 2.45) is 10.8 Å². The third-order valence-corrected chi connectivity index (χ3v) is 17.3. The van der Waals surface area contributed by atoms with Crippen LogP contribution in [0.15, 0.2) is 71.2 Å². The molecule has 0 spiro atoms. The number of aliphatic hydroxyl groups is 7. The topological polar surface area (TPSA) is 546 Å². The van der Waals surface area contributed by atoms with Crippen LogP contribution in [-0.2, 0) is 87.8 Å². The van der Waals surface area contributed by atoms with E-state index in [9.17, 15) is 82.6 Å². The number of carbonyl (C=O) groups excluding carboxylic acids is 4. The van der Waals surface area contributed by atoms with Gasteiger partial charge in [-0.25, -0.2) is 32.1 Å². The summed E-state index contributed by atoms with van der Waals surface area (Å²) in [6.07, 6.45) is -5.99. The molecule has 0 saturated carbocycles. The predicted octanol–water partition coefficient (Wildman–Crippen LogP) is -2.39. The van der Waals surface area contributed by atoms with Crippen LogP contribution in [0.5, 0.6) is 0 Å². The maximum Gasteiger partial charge on any atom is 0.490 e. The highest BCUT2D eigenvalue weighted by Crippen LogP contribution is 2.66. The van der Waals surface area contributed by atoms with E-state index >= 15 is 0 Å². The Hall–Kier alpha value is -4.76. The van der Waals surface area contributed by atoms with E-state index in [-0.39, 0.29) is 17.5 Å². The van der Waals surface area contributed by atoms with Gasteiger partial charge in [-0.05, 0) is 62.3 Å². The number of nitrogens with one attached hydrogen (secondary N) is 3. The first-order valence-corrected chi connectivity index (χ1v) is 30.8. The Morgan fingerprint density at radius 2 is 1.02 bits per heavy atom. The largest absolute Gasteiger partial charge is 0.490 e. The van der Waals surface area contributed by atoms with Crippen molar-refractivity contribution in [3.63, 3.8) is 0 Å². The summed E-state index contributed by atoms with van der Waals surface area (Å²) in [5.74, 6) is -1.74. The van der Waals surface area contributed by atoms with Crippen molar-refractivity contribution in [1.82, 2.24) is 30.0 Å². The Labute approximate surface area is 488 Å². The first-order valence-electron chi connectivity index (χ1n) is 24.8. The van der Waals surface area contributed by atoms with Gasteiger partial charge in [0.2, 0.25) is 13.6 Å². The lowest BCUT2D eigenvalue weighted by Crippen LogP contribution is -2.53. The molecule has 0 aliphatic carbocycles. The zero-order chi connectivity index (χ0) is 65.7. The molecule has 5 unspecified atom stereocenters. The minimum absolute atomic E-state index is 0.0928. The van der Waals surface area contributed by atoms with Crippen molar-refractivity contribution >= 4 is 55.0 Å². The Morgan fingerprint density at radius 3 is 1.41 bits per heavy atom. The number of phosphoric ester groups is 2. The minimum Gasteiger partial charge on any atom is -0.437 e. The lowest BCUT2D eigenvalue weighted by molar-refractivity contribution is -0.164. The molecule has 6 rings (SSSR count).